The van der Waals surface area contributed by atoms with E-state index in [1.165, 1.54) is 17.8 Å². The molecule has 0 radical (unpaired) electrons. The van der Waals surface area contributed by atoms with Crippen molar-refractivity contribution in [2.75, 3.05) is 0 Å². The van der Waals surface area contributed by atoms with E-state index in [0.29, 0.717) is 0 Å². The Kier molecular flexibility index (Phi) is 1.12. The van der Waals surface area contributed by atoms with E-state index in [0.717, 1.165) is 0 Å². The first kappa shape index (κ1) is 6.55. The molecule has 1 aliphatic carbocycles. The summed E-state index contributed by atoms with van der Waals surface area (Å²) >= 11 is 7.35. The average molecular weight is 178 g/mol. The molecular weight excluding hydrogens is 173 g/mol. The van der Waals surface area contributed by atoms with Crippen LogP contribution >= 0.6 is 23.4 Å². The maximum absolute atomic E-state index is 12.7. The van der Waals surface area contributed by atoms with E-state index >= 15 is 0 Å². The summed E-state index contributed by atoms with van der Waals surface area (Å²) in [5, 5.41) is 0.189. The molecule has 0 saturated carbocycles. The zero-order valence-electron chi connectivity index (χ0n) is 4.97. The second kappa shape index (κ2) is 1.71. The molecule has 54 valence electrons. The van der Waals surface area contributed by atoms with Gasteiger partial charge in [0.25, 0.3) is 0 Å². The maximum atomic E-state index is 12.7. The molecule has 2 rings (SSSR count). The van der Waals surface area contributed by atoms with Crippen molar-refractivity contribution in [1.82, 2.24) is 0 Å². The molecule has 0 spiro atoms. The van der Waals surface area contributed by atoms with Crippen molar-refractivity contribution >= 4 is 23.4 Å². The predicted octanol–water partition coefficient (Wildman–Crippen LogP) is 1.75. The van der Waals surface area contributed by atoms with Crippen molar-refractivity contribution in [2.24, 2.45) is 5.73 Å². The Labute approximate surface area is 67.1 Å². The van der Waals surface area contributed by atoms with Crippen LogP contribution in [0.3, 0.4) is 0 Å². The summed E-state index contributed by atoms with van der Waals surface area (Å²) in [5.41, 5.74) is 5.51. The molecule has 0 bridgehead atoms. The van der Waals surface area contributed by atoms with Crippen LogP contribution in [0.25, 0.3) is 0 Å². The van der Waals surface area contributed by atoms with Gasteiger partial charge in [-0.1, -0.05) is 0 Å². The van der Waals surface area contributed by atoms with Gasteiger partial charge in [0.2, 0.25) is 0 Å². The number of thioether (sulfide) groups is 1. The fourth-order valence-corrected chi connectivity index (χ4v) is 2.21. The van der Waals surface area contributed by atoms with Gasteiger partial charge in [-0.2, -0.15) is 0 Å². The van der Waals surface area contributed by atoms with Gasteiger partial charge in [-0.3, -0.25) is 0 Å². The lowest BCUT2D eigenvalue weighted by Crippen LogP contribution is -2.11. The minimum absolute atomic E-state index is 0.189. The van der Waals surface area contributed by atoms with Gasteiger partial charge in [0.1, 0.15) is 10.0 Å². The second-order valence-electron chi connectivity index (χ2n) is 2.35. The Morgan fingerprint density at radius 1 is 1.80 bits per heavy atom. The van der Waals surface area contributed by atoms with Gasteiger partial charge in [0.15, 0.2) is 0 Å². The average Bonchev–Trinajstić information content (AvgIpc) is 2.41. The molecule has 1 heterocycles. The maximum Gasteiger partial charge on any atom is 0.144 e. The Morgan fingerprint density at radius 2 is 2.50 bits per heavy atom. The molecule has 1 nitrogen and oxygen atoms in total. The first-order valence-electron chi connectivity index (χ1n) is 2.84. The third-order valence-corrected chi connectivity index (χ3v) is 3.55. The largest absolute Gasteiger partial charge is 0.397 e. The van der Waals surface area contributed by atoms with Gasteiger partial charge in [0.05, 0.1) is 10.9 Å². The first-order chi connectivity index (χ1) is 4.62. The summed E-state index contributed by atoms with van der Waals surface area (Å²) in [7, 11) is 0. The zero-order valence-corrected chi connectivity index (χ0v) is 6.55. The van der Waals surface area contributed by atoms with Crippen molar-refractivity contribution < 1.29 is 4.39 Å². The smallest absolute Gasteiger partial charge is 0.144 e. The van der Waals surface area contributed by atoms with Gasteiger partial charge in [-0.25, -0.2) is 4.39 Å². The third kappa shape index (κ3) is 0.772. The van der Waals surface area contributed by atoms with E-state index in [1.807, 2.05) is 0 Å². The molecule has 1 fully saturated rings. The van der Waals surface area contributed by atoms with Crippen molar-refractivity contribution in [1.29, 1.82) is 0 Å². The number of fused-ring (bicyclic) bond motifs is 1. The molecule has 0 aromatic heterocycles. The lowest BCUT2D eigenvalue weighted by atomic mass is 10.1. The van der Waals surface area contributed by atoms with Crippen LogP contribution < -0.4 is 5.73 Å². The molecule has 2 N–H and O–H groups in total. The van der Waals surface area contributed by atoms with Crippen LogP contribution in [0.15, 0.2) is 23.7 Å². The monoisotopic (exact) mass is 177 g/mol. The number of hydrogen-bond donors (Lipinski definition) is 1. The van der Waals surface area contributed by atoms with Crippen LogP contribution in [0.5, 0.6) is 0 Å². The summed E-state index contributed by atoms with van der Waals surface area (Å²) in [6.07, 6.45) is 3.03. The Bertz CT molecular complexity index is 250. The molecule has 2 atom stereocenters. The predicted molar refractivity (Wildman–Crippen MR) is 41.4 cm³/mol. The summed E-state index contributed by atoms with van der Waals surface area (Å²) < 4.78 is 12.2. The fraction of sp³-hybridized carbons (Fsp3) is 0.333. The molecule has 0 aromatic rings. The lowest BCUT2D eigenvalue weighted by Gasteiger charge is -2.05. The highest BCUT2D eigenvalue weighted by Crippen LogP contribution is 2.61. The number of halogens is 2. The van der Waals surface area contributed by atoms with Gasteiger partial charge < -0.3 is 5.73 Å². The van der Waals surface area contributed by atoms with E-state index in [1.54, 1.807) is 6.08 Å². The van der Waals surface area contributed by atoms with Gasteiger partial charge in [-0.15, -0.1) is 23.4 Å². The minimum Gasteiger partial charge on any atom is -0.397 e. The van der Waals surface area contributed by atoms with Crippen molar-refractivity contribution in [2.45, 2.75) is 9.46 Å². The molecule has 0 amide bonds. The molecule has 2 aliphatic rings. The van der Waals surface area contributed by atoms with E-state index in [4.69, 9.17) is 17.3 Å². The quantitative estimate of drug-likeness (QED) is 0.451. The highest BCUT2D eigenvalue weighted by Gasteiger charge is 2.54. The Hall–Kier alpha value is -0.150. The van der Waals surface area contributed by atoms with Crippen molar-refractivity contribution in [3.8, 4) is 0 Å². The third-order valence-electron chi connectivity index (χ3n) is 1.57. The summed E-state index contributed by atoms with van der Waals surface area (Å²) in [6, 6.07) is 0. The number of alkyl halides is 1. The lowest BCUT2D eigenvalue weighted by molar-refractivity contribution is 0.636. The molecular formula is C6H5ClFNS. The summed E-state index contributed by atoms with van der Waals surface area (Å²) in [5.74, 6) is -0.392. The van der Waals surface area contributed by atoms with Crippen LogP contribution in [-0.4, -0.2) is 9.46 Å². The number of nitrogens with two attached hydrogens (primary N) is 1. The Balaban J connectivity index is 2.37. The van der Waals surface area contributed by atoms with E-state index in [2.05, 4.69) is 0 Å². The van der Waals surface area contributed by atoms with Crippen LogP contribution in [0.1, 0.15) is 0 Å². The second-order valence-corrected chi connectivity index (χ2v) is 4.62. The zero-order chi connectivity index (χ0) is 7.35. The van der Waals surface area contributed by atoms with Gasteiger partial charge >= 0.3 is 0 Å². The molecule has 1 aliphatic heterocycles. The number of rotatable bonds is 0. The van der Waals surface area contributed by atoms with Gasteiger partial charge in [0, 0.05) is 0 Å². The standard InChI is InChI=1S/C6H5ClFNS/c7-6-2-3(8)4(9)1-5(6)10-6/h1-2,5H,9H2. The molecule has 10 heavy (non-hydrogen) atoms. The Morgan fingerprint density at radius 3 is 3.10 bits per heavy atom. The first-order valence-corrected chi connectivity index (χ1v) is 4.10. The van der Waals surface area contributed by atoms with E-state index in [-0.39, 0.29) is 10.9 Å². The van der Waals surface area contributed by atoms with Crippen LogP contribution in [0.2, 0.25) is 0 Å². The number of hydrogen-bond acceptors (Lipinski definition) is 2. The summed E-state index contributed by atoms with van der Waals surface area (Å²) in [4.78, 5) is 0. The minimum atomic E-state index is -0.507. The normalized spacial score (nSPS) is 43.6. The highest BCUT2D eigenvalue weighted by molar-refractivity contribution is 8.10. The molecule has 4 heteroatoms. The SMILES string of the molecule is NC1=CC2SC2(Cl)C=C1F. The van der Waals surface area contributed by atoms with E-state index in [9.17, 15) is 4.39 Å². The molecule has 1 saturated heterocycles. The van der Waals surface area contributed by atoms with Crippen LogP contribution in [-0.2, 0) is 0 Å². The summed E-state index contributed by atoms with van der Waals surface area (Å²) in [6.45, 7) is 0. The van der Waals surface area contributed by atoms with Crippen molar-refractivity contribution in [3.05, 3.63) is 23.7 Å². The van der Waals surface area contributed by atoms with E-state index < -0.39 is 10.0 Å². The number of allylic oxidation sites excluding steroid dienone is 1. The topological polar surface area (TPSA) is 26.0 Å². The molecule has 2 unspecified atom stereocenters. The van der Waals surface area contributed by atoms with Gasteiger partial charge in [-0.05, 0) is 12.2 Å². The molecule has 0 aromatic carbocycles. The van der Waals surface area contributed by atoms with Crippen LogP contribution in [0.4, 0.5) is 4.39 Å². The highest BCUT2D eigenvalue weighted by atomic mass is 35.5. The van der Waals surface area contributed by atoms with Crippen LogP contribution in [0, 0.1) is 0 Å². The fourth-order valence-electron chi connectivity index (χ4n) is 0.923. The van der Waals surface area contributed by atoms with Crippen molar-refractivity contribution in [3.63, 3.8) is 0 Å².